The van der Waals surface area contributed by atoms with Crippen LogP contribution < -0.4 is 0 Å². The lowest BCUT2D eigenvalue weighted by atomic mass is 9.66. The molecule has 0 N–H and O–H groups in total. The molecule has 0 nitrogen and oxygen atoms in total. The molecule has 0 heterocycles. The van der Waals surface area contributed by atoms with Gasteiger partial charge in [0, 0.05) is 0 Å². The fraction of sp³-hybridized carbons (Fsp3) is 1.00. The third-order valence-corrected chi connectivity index (χ3v) is 12.1. The predicted octanol–water partition coefficient (Wildman–Crippen LogP) is 11.1. The summed E-state index contributed by atoms with van der Waals surface area (Å²) in [6.45, 7) is 10.2. The van der Waals surface area contributed by atoms with Crippen LogP contribution in [0.5, 0.6) is 0 Å². The minimum absolute atomic E-state index is 0.949. The molecule has 4 rings (SSSR count). The smallest absolute Gasteiger partial charge is 0.0352 e. The molecule has 7 unspecified atom stereocenters. The molecule has 4 aliphatic carbocycles. The molecule has 0 amide bonds. The molecule has 7 atom stereocenters. The molecule has 0 aromatic carbocycles. The molecule has 4 saturated carbocycles. The van der Waals surface area contributed by atoms with E-state index < -0.39 is 0 Å². The van der Waals surface area contributed by atoms with Gasteiger partial charge in [-0.05, 0) is 97.7 Å². The fourth-order valence-electron chi connectivity index (χ4n) is 9.55. The SMILES string of the molecule is CCC(CCC(C)CCC(C)C1CCCCC1)C1CCC2CCC(CC3CCC(C)CC3)CC21. The molecule has 0 aliphatic heterocycles. The van der Waals surface area contributed by atoms with Crippen LogP contribution in [0.4, 0.5) is 0 Å². The van der Waals surface area contributed by atoms with Crippen LogP contribution in [0.1, 0.15) is 156 Å². The number of hydrogen-bond acceptors (Lipinski definition) is 0. The Kier molecular flexibility index (Phi) is 10.8. The van der Waals surface area contributed by atoms with E-state index >= 15 is 0 Å². The monoisotopic (exact) mass is 470 g/mol. The van der Waals surface area contributed by atoms with E-state index in [1.165, 1.54) is 77.0 Å². The first-order chi connectivity index (χ1) is 16.5. The minimum Gasteiger partial charge on any atom is -0.0651 e. The van der Waals surface area contributed by atoms with Gasteiger partial charge < -0.3 is 0 Å². The Morgan fingerprint density at radius 2 is 1.35 bits per heavy atom. The van der Waals surface area contributed by atoms with Gasteiger partial charge in [0.1, 0.15) is 0 Å². The molecule has 34 heavy (non-hydrogen) atoms. The fourth-order valence-corrected chi connectivity index (χ4v) is 9.55. The Morgan fingerprint density at radius 3 is 2.09 bits per heavy atom. The third-order valence-electron chi connectivity index (χ3n) is 12.1. The summed E-state index contributed by atoms with van der Waals surface area (Å²) in [6, 6.07) is 0. The highest BCUT2D eigenvalue weighted by atomic mass is 14.5. The standard InChI is InChI=1S/C34H62/c1-5-30(19-14-25(2)11-15-27(4)31-9-7-6-8-10-31)33-22-21-32-20-18-29(24-34(32)33)23-28-16-12-26(3)13-17-28/h25-34H,5-24H2,1-4H3. The molecule has 0 aromatic heterocycles. The van der Waals surface area contributed by atoms with Crippen LogP contribution in [0, 0.1) is 59.2 Å². The maximum atomic E-state index is 2.58. The quantitative estimate of drug-likeness (QED) is 0.281. The van der Waals surface area contributed by atoms with Gasteiger partial charge in [-0.3, -0.25) is 0 Å². The summed E-state index contributed by atoms with van der Waals surface area (Å²) in [5, 5.41) is 0. The highest BCUT2D eigenvalue weighted by Gasteiger charge is 2.43. The van der Waals surface area contributed by atoms with Gasteiger partial charge in [-0.15, -0.1) is 0 Å². The summed E-state index contributed by atoms with van der Waals surface area (Å²) in [7, 11) is 0. The zero-order valence-electron chi connectivity index (χ0n) is 23.9. The Balaban J connectivity index is 1.20. The van der Waals surface area contributed by atoms with Crippen molar-refractivity contribution >= 4 is 0 Å². The maximum Gasteiger partial charge on any atom is -0.0352 e. The van der Waals surface area contributed by atoms with Crippen molar-refractivity contribution in [3.05, 3.63) is 0 Å². The Hall–Kier alpha value is 0. The lowest BCUT2D eigenvalue weighted by Crippen LogP contribution is -2.30. The van der Waals surface area contributed by atoms with Crippen LogP contribution >= 0.6 is 0 Å². The normalized spacial score (nSPS) is 37.8. The summed E-state index contributed by atoms with van der Waals surface area (Å²) in [6.07, 6.45) is 30.7. The molecule has 0 heteroatoms. The van der Waals surface area contributed by atoms with E-state index in [-0.39, 0.29) is 0 Å². The highest BCUT2D eigenvalue weighted by molar-refractivity contribution is 4.93. The molecular formula is C34H62. The Morgan fingerprint density at radius 1 is 0.676 bits per heavy atom. The van der Waals surface area contributed by atoms with Gasteiger partial charge in [-0.2, -0.15) is 0 Å². The van der Waals surface area contributed by atoms with Crippen molar-refractivity contribution in [1.29, 1.82) is 0 Å². The van der Waals surface area contributed by atoms with Crippen molar-refractivity contribution < 1.29 is 0 Å². The van der Waals surface area contributed by atoms with Crippen LogP contribution in [0.2, 0.25) is 0 Å². The van der Waals surface area contributed by atoms with E-state index in [0.29, 0.717) is 0 Å². The maximum absolute atomic E-state index is 2.58. The summed E-state index contributed by atoms with van der Waals surface area (Å²) >= 11 is 0. The van der Waals surface area contributed by atoms with Gasteiger partial charge in [0.05, 0.1) is 0 Å². The summed E-state index contributed by atoms with van der Waals surface area (Å²) in [5.41, 5.74) is 0. The van der Waals surface area contributed by atoms with Crippen molar-refractivity contribution in [2.75, 3.05) is 0 Å². The van der Waals surface area contributed by atoms with Crippen LogP contribution in [0.15, 0.2) is 0 Å². The van der Waals surface area contributed by atoms with Gasteiger partial charge in [0.2, 0.25) is 0 Å². The largest absolute Gasteiger partial charge is 0.0651 e. The highest BCUT2D eigenvalue weighted by Crippen LogP contribution is 2.53. The van der Waals surface area contributed by atoms with Crippen LogP contribution in [-0.2, 0) is 0 Å². The predicted molar refractivity (Wildman–Crippen MR) is 150 cm³/mol. The van der Waals surface area contributed by atoms with E-state index in [0.717, 1.165) is 59.2 Å². The zero-order chi connectivity index (χ0) is 23.9. The molecule has 4 fully saturated rings. The van der Waals surface area contributed by atoms with Crippen molar-refractivity contribution in [2.24, 2.45) is 59.2 Å². The van der Waals surface area contributed by atoms with E-state index in [1.807, 2.05) is 0 Å². The van der Waals surface area contributed by atoms with Gasteiger partial charge in [-0.25, -0.2) is 0 Å². The van der Waals surface area contributed by atoms with Crippen molar-refractivity contribution in [2.45, 2.75) is 156 Å². The van der Waals surface area contributed by atoms with Crippen LogP contribution in [-0.4, -0.2) is 0 Å². The lowest BCUT2D eigenvalue weighted by Gasteiger charge is -2.39. The number of hydrogen-bond donors (Lipinski definition) is 0. The summed E-state index contributed by atoms with van der Waals surface area (Å²) in [4.78, 5) is 0. The zero-order valence-corrected chi connectivity index (χ0v) is 23.9. The molecule has 0 bridgehead atoms. The molecule has 198 valence electrons. The van der Waals surface area contributed by atoms with Gasteiger partial charge >= 0.3 is 0 Å². The second-order valence-corrected chi connectivity index (χ2v) is 14.5. The van der Waals surface area contributed by atoms with Crippen molar-refractivity contribution in [1.82, 2.24) is 0 Å². The second kappa shape index (κ2) is 13.5. The number of rotatable bonds is 11. The van der Waals surface area contributed by atoms with Gasteiger partial charge in [0.15, 0.2) is 0 Å². The summed E-state index contributed by atoms with van der Waals surface area (Å²) < 4.78 is 0. The van der Waals surface area contributed by atoms with Crippen molar-refractivity contribution in [3.63, 3.8) is 0 Å². The van der Waals surface area contributed by atoms with Gasteiger partial charge in [0.25, 0.3) is 0 Å². The molecule has 0 aromatic rings. The topological polar surface area (TPSA) is 0 Å². The first-order valence-corrected chi connectivity index (χ1v) is 16.5. The second-order valence-electron chi connectivity index (χ2n) is 14.5. The molecular weight excluding hydrogens is 408 g/mol. The van der Waals surface area contributed by atoms with Crippen LogP contribution in [0.25, 0.3) is 0 Å². The lowest BCUT2D eigenvalue weighted by molar-refractivity contribution is 0.110. The first-order valence-electron chi connectivity index (χ1n) is 16.5. The van der Waals surface area contributed by atoms with Gasteiger partial charge in [-0.1, -0.05) is 118 Å². The van der Waals surface area contributed by atoms with E-state index in [2.05, 4.69) is 27.7 Å². The van der Waals surface area contributed by atoms with E-state index in [9.17, 15) is 0 Å². The average molecular weight is 471 g/mol. The molecule has 4 aliphatic rings. The molecule has 0 saturated heterocycles. The van der Waals surface area contributed by atoms with Crippen molar-refractivity contribution in [3.8, 4) is 0 Å². The van der Waals surface area contributed by atoms with E-state index in [4.69, 9.17) is 0 Å². The molecule has 0 radical (unpaired) electrons. The average Bonchev–Trinajstić information content (AvgIpc) is 3.28. The Labute approximate surface area is 215 Å². The third kappa shape index (κ3) is 7.51. The Bertz CT molecular complexity index is 550. The first kappa shape index (κ1) is 27.0. The summed E-state index contributed by atoms with van der Waals surface area (Å²) in [5.74, 6) is 10.5. The minimum atomic E-state index is 0.949. The molecule has 0 spiro atoms. The van der Waals surface area contributed by atoms with Crippen LogP contribution in [0.3, 0.4) is 0 Å². The number of fused-ring (bicyclic) bond motifs is 1. The van der Waals surface area contributed by atoms with E-state index in [1.54, 1.807) is 51.4 Å².